The second-order valence-corrected chi connectivity index (χ2v) is 11.3. The van der Waals surface area contributed by atoms with Crippen molar-refractivity contribution in [1.82, 2.24) is 25.0 Å². The monoisotopic (exact) mass is 517 g/mol. The van der Waals surface area contributed by atoms with Gasteiger partial charge in [-0.15, -0.1) is 5.10 Å². The van der Waals surface area contributed by atoms with Crippen LogP contribution in [-0.2, 0) is 12.0 Å². The van der Waals surface area contributed by atoms with E-state index in [1.165, 1.54) is 18.2 Å². The summed E-state index contributed by atoms with van der Waals surface area (Å²) in [7, 11) is 0. The average Bonchev–Trinajstić information content (AvgIpc) is 3.51. The number of hydrogen-bond donors (Lipinski definition) is 2. The van der Waals surface area contributed by atoms with Gasteiger partial charge >= 0.3 is 0 Å². The Balaban J connectivity index is 1.42. The molecule has 2 N–H and O–H groups in total. The first-order valence-electron chi connectivity index (χ1n) is 12.7. The van der Waals surface area contributed by atoms with Crippen molar-refractivity contribution >= 4 is 0 Å². The second kappa shape index (κ2) is 8.47. The fourth-order valence-corrected chi connectivity index (χ4v) is 6.57. The lowest BCUT2D eigenvalue weighted by Crippen LogP contribution is -2.37. The molecular formula is C29H29F2N5O2. The molecule has 6 rings (SSSR count). The molecule has 2 aliphatic rings. The number of hydrogen-bond acceptors (Lipinski definition) is 6. The Morgan fingerprint density at radius 2 is 1.82 bits per heavy atom. The molecule has 1 aromatic carbocycles. The molecule has 3 heterocycles. The van der Waals surface area contributed by atoms with Crippen LogP contribution in [0.4, 0.5) is 8.78 Å². The van der Waals surface area contributed by atoms with Crippen LogP contribution in [0.5, 0.6) is 0 Å². The van der Waals surface area contributed by atoms with Gasteiger partial charge in [-0.2, -0.15) is 10.2 Å². The predicted molar refractivity (Wildman–Crippen MR) is 137 cm³/mol. The summed E-state index contributed by atoms with van der Waals surface area (Å²) < 4.78 is 30.7. The smallest absolute Gasteiger partial charge is 0.135 e. The van der Waals surface area contributed by atoms with E-state index < -0.39 is 22.7 Å². The van der Waals surface area contributed by atoms with Crippen molar-refractivity contribution in [3.63, 3.8) is 0 Å². The summed E-state index contributed by atoms with van der Waals surface area (Å²) in [5.74, 6) is -1.17. The lowest BCUT2D eigenvalue weighted by molar-refractivity contribution is -0.0145. The molecule has 0 unspecified atom stereocenters. The summed E-state index contributed by atoms with van der Waals surface area (Å²) in [5.41, 5.74) is 2.20. The summed E-state index contributed by atoms with van der Waals surface area (Å²) in [6.45, 7) is 5.74. The van der Waals surface area contributed by atoms with Gasteiger partial charge in [-0.3, -0.25) is 9.67 Å². The van der Waals surface area contributed by atoms with Gasteiger partial charge in [0.15, 0.2) is 0 Å². The van der Waals surface area contributed by atoms with Gasteiger partial charge in [0.05, 0.1) is 53.1 Å². The van der Waals surface area contributed by atoms with E-state index in [0.29, 0.717) is 0 Å². The van der Waals surface area contributed by atoms with Gasteiger partial charge in [-0.25, -0.2) is 8.78 Å². The minimum Gasteiger partial charge on any atom is -0.393 e. The summed E-state index contributed by atoms with van der Waals surface area (Å²) in [5, 5.41) is 32.8. The molecule has 38 heavy (non-hydrogen) atoms. The van der Waals surface area contributed by atoms with Gasteiger partial charge in [0.25, 0.3) is 0 Å². The van der Waals surface area contributed by atoms with Gasteiger partial charge < -0.3 is 10.2 Å². The summed E-state index contributed by atoms with van der Waals surface area (Å²) in [6, 6.07) is 11.5. The van der Waals surface area contributed by atoms with Gasteiger partial charge in [0.1, 0.15) is 17.2 Å². The Hall–Kier alpha value is -3.56. The third-order valence-corrected chi connectivity index (χ3v) is 8.56. The van der Waals surface area contributed by atoms with Crippen molar-refractivity contribution in [3.05, 3.63) is 83.4 Å². The molecule has 9 heteroatoms. The van der Waals surface area contributed by atoms with E-state index in [9.17, 15) is 19.0 Å². The van der Waals surface area contributed by atoms with Crippen LogP contribution in [0.1, 0.15) is 56.5 Å². The van der Waals surface area contributed by atoms with Crippen LogP contribution in [0.25, 0.3) is 22.5 Å². The molecule has 1 fully saturated rings. The Labute approximate surface area is 219 Å². The standard InChI is InChI=1S/C29H29F2N5O2/c1-27(2)19-10-11-29(27,26-18(19)12-23(34-35-26)25-20(30)6-4-7-21(25)31)24-9-5-8-22(33-24)17-13-32-36(14-17)15-28(3,38)16-37/h4-9,12-14,19,37-38H,10-11,15-16H2,1-3H3/t19-,28+,29-/m0/s1. The van der Waals surface area contributed by atoms with E-state index in [4.69, 9.17) is 4.98 Å². The highest BCUT2D eigenvalue weighted by atomic mass is 19.1. The number of pyridine rings is 1. The maximum absolute atomic E-state index is 14.5. The highest BCUT2D eigenvalue weighted by Crippen LogP contribution is 2.69. The lowest BCUT2D eigenvalue weighted by Gasteiger charge is -2.37. The highest BCUT2D eigenvalue weighted by Gasteiger charge is 2.65. The summed E-state index contributed by atoms with van der Waals surface area (Å²) >= 11 is 0. The van der Waals surface area contributed by atoms with E-state index in [1.54, 1.807) is 30.1 Å². The molecule has 1 saturated carbocycles. The van der Waals surface area contributed by atoms with Crippen molar-refractivity contribution in [2.75, 3.05) is 6.61 Å². The Bertz CT molecular complexity index is 1530. The van der Waals surface area contributed by atoms with Crippen LogP contribution in [0.15, 0.2) is 54.9 Å². The quantitative estimate of drug-likeness (QED) is 0.387. The molecule has 7 nitrogen and oxygen atoms in total. The lowest BCUT2D eigenvalue weighted by atomic mass is 9.66. The zero-order valence-corrected chi connectivity index (χ0v) is 21.5. The summed E-state index contributed by atoms with van der Waals surface area (Å²) in [4.78, 5) is 5.07. The molecule has 0 saturated heterocycles. The minimum absolute atomic E-state index is 0.149. The summed E-state index contributed by atoms with van der Waals surface area (Å²) in [6.07, 6.45) is 5.24. The topological polar surface area (TPSA) is 97.0 Å². The van der Waals surface area contributed by atoms with E-state index >= 15 is 0 Å². The number of aliphatic hydroxyl groups excluding tert-OH is 1. The molecule has 3 aromatic heterocycles. The third-order valence-electron chi connectivity index (χ3n) is 8.56. The van der Waals surface area contributed by atoms with E-state index in [1.807, 2.05) is 18.2 Å². The van der Waals surface area contributed by atoms with Gasteiger partial charge in [0, 0.05) is 11.8 Å². The van der Waals surface area contributed by atoms with Crippen LogP contribution in [0.2, 0.25) is 0 Å². The number of fused-ring (bicyclic) bond motifs is 5. The molecule has 0 aliphatic heterocycles. The molecule has 4 aromatic rings. The van der Waals surface area contributed by atoms with Crippen molar-refractivity contribution in [3.8, 4) is 22.5 Å². The molecule has 0 radical (unpaired) electrons. The molecule has 196 valence electrons. The van der Waals surface area contributed by atoms with Crippen molar-refractivity contribution in [2.45, 2.75) is 57.1 Å². The number of benzene rings is 1. The van der Waals surface area contributed by atoms with Gasteiger partial charge in [-0.05, 0) is 67.0 Å². The van der Waals surface area contributed by atoms with Crippen LogP contribution in [0, 0.1) is 17.0 Å². The fraction of sp³-hybridized carbons (Fsp3) is 0.379. The molecule has 2 bridgehead atoms. The highest BCUT2D eigenvalue weighted by molar-refractivity contribution is 5.65. The second-order valence-electron chi connectivity index (χ2n) is 11.3. The fourth-order valence-electron chi connectivity index (χ4n) is 6.57. The van der Waals surface area contributed by atoms with Crippen LogP contribution >= 0.6 is 0 Å². The maximum atomic E-state index is 14.5. The Morgan fingerprint density at radius 1 is 1.08 bits per heavy atom. The zero-order valence-electron chi connectivity index (χ0n) is 21.5. The Kier molecular flexibility index (Phi) is 5.52. The van der Waals surface area contributed by atoms with Gasteiger partial charge in [0.2, 0.25) is 0 Å². The van der Waals surface area contributed by atoms with Crippen LogP contribution in [0.3, 0.4) is 0 Å². The largest absolute Gasteiger partial charge is 0.393 e. The first-order chi connectivity index (χ1) is 18.1. The molecule has 2 aliphatic carbocycles. The first kappa shape index (κ1) is 24.8. The van der Waals surface area contributed by atoms with Gasteiger partial charge in [-0.1, -0.05) is 26.0 Å². The molecular weight excluding hydrogens is 488 g/mol. The zero-order chi connectivity index (χ0) is 26.9. The first-order valence-corrected chi connectivity index (χ1v) is 12.7. The molecule has 3 atom stereocenters. The normalized spacial score (nSPS) is 22.9. The van der Waals surface area contributed by atoms with Crippen molar-refractivity contribution in [2.24, 2.45) is 5.41 Å². The number of aliphatic hydroxyl groups is 2. The van der Waals surface area contributed by atoms with Crippen LogP contribution < -0.4 is 0 Å². The third kappa shape index (κ3) is 3.52. The Morgan fingerprint density at radius 3 is 2.55 bits per heavy atom. The van der Waals surface area contributed by atoms with E-state index in [0.717, 1.165) is 41.1 Å². The van der Waals surface area contributed by atoms with Crippen LogP contribution in [-0.4, -0.2) is 47.4 Å². The minimum atomic E-state index is -1.28. The van der Waals surface area contributed by atoms with Crippen molar-refractivity contribution < 1.29 is 19.0 Å². The number of rotatable bonds is 6. The number of halogens is 2. The van der Waals surface area contributed by atoms with E-state index in [-0.39, 0.29) is 35.7 Å². The van der Waals surface area contributed by atoms with E-state index in [2.05, 4.69) is 29.1 Å². The molecule has 0 spiro atoms. The average molecular weight is 518 g/mol. The SMILES string of the molecule is CC1(C)[C@H]2CC[C@]1(c1cccc(-c3cnn(C[C@@](C)(O)CO)c3)n1)c1nnc(-c3c(F)cccc3F)cc12. The maximum Gasteiger partial charge on any atom is 0.135 e. The van der Waals surface area contributed by atoms with Crippen molar-refractivity contribution in [1.29, 1.82) is 0 Å². The number of aromatic nitrogens is 5. The number of nitrogens with zero attached hydrogens (tertiary/aromatic N) is 5. The molecule has 0 amide bonds. The predicted octanol–water partition coefficient (Wildman–Crippen LogP) is 4.63.